The molecule has 1 heterocycles. The molecule has 0 aromatic heterocycles. The van der Waals surface area contributed by atoms with Crippen molar-refractivity contribution in [3.8, 4) is 0 Å². The van der Waals surface area contributed by atoms with Gasteiger partial charge in [0.05, 0.1) is 0 Å². The van der Waals surface area contributed by atoms with Crippen LogP contribution in [0.3, 0.4) is 0 Å². The summed E-state index contributed by atoms with van der Waals surface area (Å²) in [6, 6.07) is 0. The third-order valence-corrected chi connectivity index (χ3v) is 4.97. The summed E-state index contributed by atoms with van der Waals surface area (Å²) in [5, 5.41) is 3.59. The first kappa shape index (κ1) is 11.4. The molecule has 0 aromatic rings. The van der Waals surface area contributed by atoms with Gasteiger partial charge in [0.15, 0.2) is 0 Å². The zero-order chi connectivity index (χ0) is 10.9. The molecule has 0 aromatic carbocycles. The van der Waals surface area contributed by atoms with Gasteiger partial charge in [-0.25, -0.2) is 0 Å². The van der Waals surface area contributed by atoms with Crippen LogP contribution in [0.2, 0.25) is 0 Å². The lowest BCUT2D eigenvalue weighted by atomic mass is 9.50. The Hall–Kier alpha value is -0.0400. The molecule has 1 atom stereocenters. The van der Waals surface area contributed by atoms with Gasteiger partial charge < -0.3 is 5.32 Å². The average Bonchev–Trinajstić information content (AvgIpc) is 2.15. The predicted molar refractivity (Wildman–Crippen MR) is 65.9 cm³/mol. The Morgan fingerprint density at radius 1 is 1.33 bits per heavy atom. The van der Waals surface area contributed by atoms with E-state index in [1.165, 1.54) is 45.2 Å². The molecule has 15 heavy (non-hydrogen) atoms. The summed E-state index contributed by atoms with van der Waals surface area (Å²) >= 11 is 0. The van der Waals surface area contributed by atoms with Gasteiger partial charge in [-0.2, -0.15) is 0 Å². The highest BCUT2D eigenvalue weighted by atomic mass is 14.9. The van der Waals surface area contributed by atoms with Crippen molar-refractivity contribution in [1.82, 2.24) is 5.32 Å². The molecule has 1 aliphatic heterocycles. The van der Waals surface area contributed by atoms with Gasteiger partial charge in [-0.3, -0.25) is 0 Å². The Labute approximate surface area is 95.0 Å². The van der Waals surface area contributed by atoms with Gasteiger partial charge in [0.2, 0.25) is 0 Å². The first-order chi connectivity index (χ1) is 7.18. The lowest BCUT2D eigenvalue weighted by Gasteiger charge is -2.56. The summed E-state index contributed by atoms with van der Waals surface area (Å²) in [5.74, 6) is 2.92. The lowest BCUT2D eigenvalue weighted by Crippen LogP contribution is -2.53. The molecule has 0 bridgehead atoms. The van der Waals surface area contributed by atoms with E-state index >= 15 is 0 Å². The van der Waals surface area contributed by atoms with Crippen molar-refractivity contribution < 1.29 is 0 Å². The molecule has 2 rings (SSSR count). The Bertz CT molecular complexity index is 201. The van der Waals surface area contributed by atoms with Crippen molar-refractivity contribution in [2.75, 3.05) is 13.1 Å². The van der Waals surface area contributed by atoms with E-state index in [1.807, 2.05) is 0 Å². The molecule has 1 saturated heterocycles. The third-order valence-electron chi connectivity index (χ3n) is 4.97. The quantitative estimate of drug-likeness (QED) is 0.750. The minimum absolute atomic E-state index is 0.760. The number of hydrogen-bond acceptors (Lipinski definition) is 1. The van der Waals surface area contributed by atoms with Crippen molar-refractivity contribution in [3.63, 3.8) is 0 Å². The summed E-state index contributed by atoms with van der Waals surface area (Å²) in [6.07, 6.45) is 7.30. The van der Waals surface area contributed by atoms with Gasteiger partial charge in [-0.05, 0) is 61.9 Å². The highest BCUT2D eigenvalue weighted by Gasteiger charge is 2.50. The summed E-state index contributed by atoms with van der Waals surface area (Å²) in [5.41, 5.74) is 0.760. The molecule has 1 aliphatic carbocycles. The third kappa shape index (κ3) is 2.08. The lowest BCUT2D eigenvalue weighted by molar-refractivity contribution is -0.0537. The van der Waals surface area contributed by atoms with Crippen LogP contribution in [0, 0.1) is 23.2 Å². The van der Waals surface area contributed by atoms with Gasteiger partial charge in [-0.1, -0.05) is 27.2 Å². The minimum atomic E-state index is 0.760. The summed E-state index contributed by atoms with van der Waals surface area (Å²) < 4.78 is 0. The number of hydrogen-bond donors (Lipinski definition) is 1. The van der Waals surface area contributed by atoms with Gasteiger partial charge in [0.25, 0.3) is 0 Å². The Morgan fingerprint density at radius 3 is 2.67 bits per heavy atom. The fourth-order valence-electron chi connectivity index (χ4n) is 3.78. The molecule has 1 heteroatoms. The zero-order valence-corrected chi connectivity index (χ0v) is 10.7. The van der Waals surface area contributed by atoms with Crippen LogP contribution in [-0.2, 0) is 0 Å². The molecule has 1 spiro atoms. The van der Waals surface area contributed by atoms with E-state index in [1.54, 1.807) is 0 Å². The fraction of sp³-hybridized carbons (Fsp3) is 1.00. The van der Waals surface area contributed by atoms with E-state index in [-0.39, 0.29) is 0 Å². The first-order valence-electron chi connectivity index (χ1n) is 6.88. The van der Waals surface area contributed by atoms with Crippen molar-refractivity contribution in [3.05, 3.63) is 0 Å². The second-order valence-electron chi connectivity index (χ2n) is 6.21. The maximum absolute atomic E-state index is 3.59. The zero-order valence-electron chi connectivity index (χ0n) is 10.7. The first-order valence-corrected chi connectivity index (χ1v) is 6.88. The maximum atomic E-state index is 3.59. The molecular formula is C14H27N. The summed E-state index contributed by atoms with van der Waals surface area (Å²) in [7, 11) is 0. The highest BCUT2D eigenvalue weighted by Crippen LogP contribution is 2.57. The van der Waals surface area contributed by atoms with Crippen LogP contribution in [0.5, 0.6) is 0 Å². The van der Waals surface area contributed by atoms with E-state index in [0.29, 0.717) is 0 Å². The van der Waals surface area contributed by atoms with Gasteiger partial charge >= 0.3 is 0 Å². The number of piperidine rings is 1. The van der Waals surface area contributed by atoms with Gasteiger partial charge in [-0.15, -0.1) is 0 Å². The van der Waals surface area contributed by atoms with Crippen LogP contribution in [0.4, 0.5) is 0 Å². The van der Waals surface area contributed by atoms with E-state index in [4.69, 9.17) is 0 Å². The van der Waals surface area contributed by atoms with E-state index in [2.05, 4.69) is 26.1 Å². The molecule has 88 valence electrons. The van der Waals surface area contributed by atoms with Crippen LogP contribution in [0.15, 0.2) is 0 Å². The Balaban J connectivity index is 1.94. The SMILES string of the molecule is CCCC1CNCCC12CC(C(C)C)C2. The molecule has 1 unspecified atom stereocenters. The molecule has 1 N–H and O–H groups in total. The average molecular weight is 209 g/mol. The van der Waals surface area contributed by atoms with Crippen LogP contribution in [0.25, 0.3) is 0 Å². The summed E-state index contributed by atoms with van der Waals surface area (Å²) in [6.45, 7) is 9.69. The molecule has 2 aliphatic rings. The summed E-state index contributed by atoms with van der Waals surface area (Å²) in [4.78, 5) is 0. The smallest absolute Gasteiger partial charge is 0.00152 e. The molecule has 1 saturated carbocycles. The van der Waals surface area contributed by atoms with Crippen LogP contribution in [-0.4, -0.2) is 13.1 Å². The second-order valence-corrected chi connectivity index (χ2v) is 6.21. The Morgan fingerprint density at radius 2 is 2.07 bits per heavy atom. The number of nitrogens with one attached hydrogen (secondary N) is 1. The molecule has 2 fully saturated rings. The normalized spacial score (nSPS) is 40.8. The standard InChI is InChI=1S/C14H27N/c1-4-5-13-10-15-7-6-14(13)8-12(9-14)11(2)3/h11-13,15H,4-10H2,1-3H3. The predicted octanol–water partition coefficient (Wildman–Crippen LogP) is 3.45. The van der Waals surface area contributed by atoms with E-state index in [9.17, 15) is 0 Å². The second kappa shape index (κ2) is 4.45. The van der Waals surface area contributed by atoms with E-state index < -0.39 is 0 Å². The highest BCUT2D eigenvalue weighted by molar-refractivity contribution is 5.01. The van der Waals surface area contributed by atoms with Crippen LogP contribution < -0.4 is 5.32 Å². The van der Waals surface area contributed by atoms with Crippen LogP contribution >= 0.6 is 0 Å². The largest absolute Gasteiger partial charge is 0.316 e. The maximum Gasteiger partial charge on any atom is -0.00152 e. The molecular weight excluding hydrogens is 182 g/mol. The Kier molecular flexibility index (Phi) is 3.39. The van der Waals surface area contributed by atoms with Crippen molar-refractivity contribution in [2.24, 2.45) is 23.2 Å². The fourth-order valence-corrected chi connectivity index (χ4v) is 3.78. The topological polar surface area (TPSA) is 12.0 Å². The van der Waals surface area contributed by atoms with Gasteiger partial charge in [0, 0.05) is 0 Å². The molecule has 0 amide bonds. The molecule has 0 radical (unpaired) electrons. The van der Waals surface area contributed by atoms with Crippen LogP contribution in [0.1, 0.15) is 52.9 Å². The number of rotatable bonds is 3. The van der Waals surface area contributed by atoms with Gasteiger partial charge in [0.1, 0.15) is 0 Å². The minimum Gasteiger partial charge on any atom is -0.316 e. The van der Waals surface area contributed by atoms with Crippen molar-refractivity contribution >= 4 is 0 Å². The van der Waals surface area contributed by atoms with Crippen molar-refractivity contribution in [2.45, 2.75) is 52.9 Å². The monoisotopic (exact) mass is 209 g/mol. The van der Waals surface area contributed by atoms with Crippen molar-refractivity contribution in [1.29, 1.82) is 0 Å². The molecule has 1 nitrogen and oxygen atoms in total. The van der Waals surface area contributed by atoms with E-state index in [0.717, 1.165) is 23.2 Å².